The summed E-state index contributed by atoms with van der Waals surface area (Å²) >= 11 is 0. The maximum Gasteiger partial charge on any atom is 0.389 e. The van der Waals surface area contributed by atoms with Gasteiger partial charge in [-0.05, 0) is 20.3 Å². The Bertz CT molecular complexity index is 355. The van der Waals surface area contributed by atoms with Crippen molar-refractivity contribution in [2.24, 2.45) is 0 Å². The van der Waals surface area contributed by atoms with Crippen LogP contribution in [0.1, 0.15) is 33.1 Å². The number of halogens is 3. The quantitative estimate of drug-likeness (QED) is 0.760. The van der Waals surface area contributed by atoms with E-state index in [1.165, 1.54) is 13.8 Å². The molecule has 0 N–H and O–H groups in total. The lowest BCUT2D eigenvalue weighted by atomic mass is 10.0. The molecule has 0 heterocycles. The van der Waals surface area contributed by atoms with Crippen molar-refractivity contribution in [1.29, 1.82) is 0 Å². The molecule has 0 rings (SSSR count). The molecule has 96 valence electrons. The molecule has 0 unspecified atom stereocenters. The molecule has 0 saturated heterocycles. The minimum atomic E-state index is -4.31. The topological polar surface area (TPSA) is 51.2 Å². The second-order valence-electron chi connectivity index (χ2n) is 4.17. The van der Waals surface area contributed by atoms with E-state index in [0.29, 0.717) is 0 Å². The molecule has 0 fully saturated rings. The molecule has 0 atom stereocenters. The van der Waals surface area contributed by atoms with Crippen molar-refractivity contribution in [1.82, 2.24) is 0 Å². The zero-order valence-corrected chi connectivity index (χ0v) is 10.2. The molecule has 0 aliphatic carbocycles. The summed E-state index contributed by atoms with van der Waals surface area (Å²) in [6.07, 6.45) is -5.23. The summed E-state index contributed by atoms with van der Waals surface area (Å²) < 4.78 is 56.2. The van der Waals surface area contributed by atoms with Gasteiger partial charge in [0, 0.05) is 19.1 Å². The van der Waals surface area contributed by atoms with Crippen LogP contribution in [0.5, 0.6) is 0 Å². The van der Waals surface area contributed by atoms with Gasteiger partial charge in [0.05, 0.1) is 0 Å². The third kappa shape index (κ3) is 4.51. The van der Waals surface area contributed by atoms with Crippen molar-refractivity contribution >= 4 is 15.6 Å². The first-order valence-electron chi connectivity index (χ1n) is 4.67. The first-order chi connectivity index (χ1) is 6.88. The number of carbonyl (C=O) groups excluding carboxylic acids is 1. The van der Waals surface area contributed by atoms with Crippen LogP contribution in [-0.4, -0.2) is 31.4 Å². The Labute approximate surface area is 92.9 Å². The van der Waals surface area contributed by atoms with Crippen molar-refractivity contribution in [2.45, 2.75) is 44.0 Å². The van der Waals surface area contributed by atoms with Crippen molar-refractivity contribution in [3.8, 4) is 0 Å². The Hall–Kier alpha value is -0.590. The monoisotopic (exact) mass is 260 g/mol. The van der Waals surface area contributed by atoms with Gasteiger partial charge in [0.2, 0.25) is 0 Å². The van der Waals surface area contributed by atoms with Crippen LogP contribution in [0, 0.1) is 0 Å². The van der Waals surface area contributed by atoms with E-state index < -0.39 is 33.0 Å². The smallest absolute Gasteiger partial charge is 0.298 e. The Morgan fingerprint density at radius 2 is 1.62 bits per heavy atom. The third-order valence-electron chi connectivity index (χ3n) is 2.46. The lowest BCUT2D eigenvalue weighted by Crippen LogP contribution is -2.39. The summed E-state index contributed by atoms with van der Waals surface area (Å²) in [5.41, 5.74) is 0. The molecule has 16 heavy (non-hydrogen) atoms. The highest BCUT2D eigenvalue weighted by Gasteiger charge is 2.38. The first kappa shape index (κ1) is 15.4. The Morgan fingerprint density at radius 1 is 1.19 bits per heavy atom. The average molecular weight is 260 g/mol. The van der Waals surface area contributed by atoms with Crippen molar-refractivity contribution in [2.75, 3.05) is 6.26 Å². The molecule has 0 aromatic carbocycles. The highest BCUT2D eigenvalue weighted by atomic mass is 32.2. The van der Waals surface area contributed by atoms with Crippen LogP contribution < -0.4 is 0 Å². The van der Waals surface area contributed by atoms with Crippen LogP contribution in [0.4, 0.5) is 13.2 Å². The molecule has 0 aromatic rings. The number of hydrogen-bond acceptors (Lipinski definition) is 3. The fourth-order valence-corrected chi connectivity index (χ4v) is 1.47. The predicted molar refractivity (Wildman–Crippen MR) is 53.8 cm³/mol. The van der Waals surface area contributed by atoms with Crippen LogP contribution in [0.25, 0.3) is 0 Å². The molecule has 3 nitrogen and oxygen atoms in total. The third-order valence-corrected chi connectivity index (χ3v) is 4.54. The number of carbonyl (C=O) groups is 1. The maximum absolute atomic E-state index is 11.8. The number of ketones is 1. The molecule has 0 saturated carbocycles. The predicted octanol–water partition coefficient (Wildman–Crippen LogP) is 2.11. The van der Waals surface area contributed by atoms with Crippen molar-refractivity contribution in [3.05, 3.63) is 0 Å². The molecule has 7 heteroatoms. The van der Waals surface area contributed by atoms with Gasteiger partial charge in [-0.2, -0.15) is 13.2 Å². The van der Waals surface area contributed by atoms with Crippen LogP contribution in [0.2, 0.25) is 0 Å². The van der Waals surface area contributed by atoms with Crippen LogP contribution in [0.3, 0.4) is 0 Å². The molecule has 0 amide bonds. The molecule has 0 radical (unpaired) electrons. The molecule has 0 aromatic heterocycles. The average Bonchev–Trinajstić information content (AvgIpc) is 1.99. The minimum absolute atomic E-state index is 0.374. The summed E-state index contributed by atoms with van der Waals surface area (Å²) in [4.78, 5) is 11.5. The van der Waals surface area contributed by atoms with Crippen LogP contribution >= 0.6 is 0 Å². The number of alkyl halides is 3. The van der Waals surface area contributed by atoms with E-state index in [4.69, 9.17) is 0 Å². The zero-order chi connectivity index (χ0) is 13.2. The van der Waals surface area contributed by atoms with E-state index in [1.54, 1.807) is 0 Å². The van der Waals surface area contributed by atoms with Gasteiger partial charge >= 0.3 is 6.18 Å². The Balaban J connectivity index is 4.40. The minimum Gasteiger partial charge on any atom is -0.298 e. The largest absolute Gasteiger partial charge is 0.389 e. The lowest BCUT2D eigenvalue weighted by molar-refractivity contribution is -0.137. The fourth-order valence-electron chi connectivity index (χ4n) is 0.957. The van der Waals surface area contributed by atoms with Gasteiger partial charge in [0.25, 0.3) is 0 Å². The molecule has 0 aliphatic heterocycles. The molecule has 0 aliphatic rings. The number of hydrogen-bond donors (Lipinski definition) is 0. The summed E-state index contributed by atoms with van der Waals surface area (Å²) in [6, 6.07) is 0. The second kappa shape index (κ2) is 4.73. The standard InChI is InChI=1S/C9H15F3O3S/c1-8(2,16(3,14)15)7(13)5-4-6-9(10,11)12/h4-6H2,1-3H3. The van der Waals surface area contributed by atoms with E-state index in [1.807, 2.05) is 0 Å². The van der Waals surface area contributed by atoms with Crippen LogP contribution in [-0.2, 0) is 14.6 Å². The summed E-state index contributed by atoms with van der Waals surface area (Å²) in [5, 5.41) is 0. The highest BCUT2D eigenvalue weighted by Crippen LogP contribution is 2.25. The van der Waals surface area contributed by atoms with Gasteiger partial charge in [-0.1, -0.05) is 0 Å². The molecule has 0 spiro atoms. The van der Waals surface area contributed by atoms with Gasteiger partial charge in [-0.15, -0.1) is 0 Å². The SMILES string of the molecule is CC(C)(C(=O)CCCC(F)(F)F)S(C)(=O)=O. The Morgan fingerprint density at radius 3 is 1.94 bits per heavy atom. The number of rotatable bonds is 5. The summed E-state index contributed by atoms with van der Waals surface area (Å²) in [7, 11) is -3.60. The highest BCUT2D eigenvalue weighted by molar-refractivity contribution is 7.92. The van der Waals surface area contributed by atoms with Gasteiger partial charge in [-0.3, -0.25) is 4.79 Å². The maximum atomic E-state index is 11.8. The number of sulfone groups is 1. The first-order valence-corrected chi connectivity index (χ1v) is 6.57. The van der Waals surface area contributed by atoms with Crippen molar-refractivity contribution < 1.29 is 26.4 Å². The second-order valence-corrected chi connectivity index (χ2v) is 6.74. The number of Topliss-reactive ketones (excluding diaryl/α,β-unsaturated/α-hetero) is 1. The summed E-state index contributed by atoms with van der Waals surface area (Å²) in [5.74, 6) is -0.681. The normalized spacial score (nSPS) is 13.9. The Kier molecular flexibility index (Phi) is 4.55. The molecular formula is C9H15F3O3S. The van der Waals surface area contributed by atoms with E-state index in [9.17, 15) is 26.4 Å². The van der Waals surface area contributed by atoms with E-state index >= 15 is 0 Å². The van der Waals surface area contributed by atoms with Gasteiger partial charge in [0.15, 0.2) is 15.6 Å². The zero-order valence-electron chi connectivity index (χ0n) is 9.39. The van der Waals surface area contributed by atoms with Crippen LogP contribution in [0.15, 0.2) is 0 Å². The van der Waals surface area contributed by atoms with E-state index in [-0.39, 0.29) is 12.8 Å². The van der Waals surface area contributed by atoms with Gasteiger partial charge < -0.3 is 0 Å². The van der Waals surface area contributed by atoms with E-state index in [2.05, 4.69) is 0 Å². The van der Waals surface area contributed by atoms with E-state index in [0.717, 1.165) is 6.26 Å². The lowest BCUT2D eigenvalue weighted by Gasteiger charge is -2.20. The molecule has 0 bridgehead atoms. The van der Waals surface area contributed by atoms with Crippen molar-refractivity contribution in [3.63, 3.8) is 0 Å². The van der Waals surface area contributed by atoms with Gasteiger partial charge in [-0.25, -0.2) is 8.42 Å². The molecular weight excluding hydrogens is 245 g/mol. The fraction of sp³-hybridized carbons (Fsp3) is 0.889. The summed E-state index contributed by atoms with van der Waals surface area (Å²) in [6.45, 7) is 2.41. The van der Waals surface area contributed by atoms with Gasteiger partial charge in [0.1, 0.15) is 4.75 Å².